The first-order valence-electron chi connectivity index (χ1n) is 4.18. The topological polar surface area (TPSA) is 40.5 Å². The van der Waals surface area contributed by atoms with Gasteiger partial charge in [0.1, 0.15) is 5.82 Å². The van der Waals surface area contributed by atoms with E-state index in [0.29, 0.717) is 0 Å². The largest absolute Gasteiger partial charge is 0.488 e. The maximum Gasteiger partial charge on any atom is 0.488 e. The quantitative estimate of drug-likeness (QED) is 0.669. The molecule has 1 rings (SSSR count). The number of rotatable bonds is 1. The van der Waals surface area contributed by atoms with Crippen LogP contribution in [-0.2, 0) is 0 Å². The van der Waals surface area contributed by atoms with Crippen molar-refractivity contribution in [3.63, 3.8) is 0 Å². The molecule has 1 aromatic rings. The van der Waals surface area contributed by atoms with Crippen LogP contribution in [0.1, 0.15) is 4.11 Å². The average molecular weight is 222 g/mol. The molecule has 0 saturated heterocycles. The van der Waals surface area contributed by atoms with Gasteiger partial charge < -0.3 is 10.0 Å². The van der Waals surface area contributed by atoms with Crippen molar-refractivity contribution >= 4 is 28.5 Å². The zero-order chi connectivity index (χ0) is 11.0. The van der Waals surface area contributed by atoms with Gasteiger partial charge in [0, 0.05) is 4.47 Å². The Morgan fingerprint density at radius 2 is 2.09 bits per heavy atom. The van der Waals surface area contributed by atoms with Crippen LogP contribution in [0.3, 0.4) is 0 Å². The first-order valence-corrected chi connectivity index (χ1v) is 3.48. The Bertz CT molecular complexity index is 359. The second kappa shape index (κ2) is 3.34. The van der Waals surface area contributed by atoms with Crippen LogP contribution < -0.4 is 5.46 Å². The minimum absolute atomic E-state index is 0.200. The van der Waals surface area contributed by atoms with E-state index in [0.717, 1.165) is 0 Å². The summed E-state index contributed by atoms with van der Waals surface area (Å²) in [7, 11) is -2.10. The number of hydrogen-bond acceptors (Lipinski definition) is 2. The first-order chi connectivity index (χ1) is 6.37. The minimum atomic E-state index is -2.10. The van der Waals surface area contributed by atoms with Gasteiger partial charge in [-0.25, -0.2) is 4.39 Å². The van der Waals surface area contributed by atoms with Crippen molar-refractivity contribution in [2.45, 2.75) is 0 Å². The average Bonchev–Trinajstić information content (AvgIpc) is 2.11. The van der Waals surface area contributed by atoms with E-state index in [2.05, 4.69) is 15.9 Å². The highest BCUT2D eigenvalue weighted by molar-refractivity contribution is 9.10. The lowest BCUT2D eigenvalue weighted by atomic mass is 9.80. The maximum atomic E-state index is 13.1. The van der Waals surface area contributed by atoms with E-state index < -0.39 is 36.5 Å². The van der Waals surface area contributed by atoms with Crippen LogP contribution in [0, 0.1) is 5.82 Å². The molecule has 0 unspecified atom stereocenters. The lowest BCUT2D eigenvalue weighted by Crippen LogP contribution is -2.30. The Hall–Kier alpha value is -0.385. The van der Waals surface area contributed by atoms with Gasteiger partial charge in [-0.15, -0.1) is 0 Å². The standard InChI is InChI=1S/C6H5BBrFO2/c8-5-1-4(7(10)11)2-6(9)3-5/h1-3,10-11H/i1D,2D,3D. The molecule has 0 bridgehead atoms. The highest BCUT2D eigenvalue weighted by Crippen LogP contribution is 2.08. The van der Waals surface area contributed by atoms with Crippen molar-refractivity contribution < 1.29 is 18.6 Å². The molecule has 58 valence electrons. The van der Waals surface area contributed by atoms with Gasteiger partial charge in [0.15, 0.2) is 0 Å². The van der Waals surface area contributed by atoms with E-state index in [1.165, 1.54) is 0 Å². The summed E-state index contributed by atoms with van der Waals surface area (Å²) in [6, 6.07) is -1.93. The Morgan fingerprint density at radius 3 is 2.64 bits per heavy atom. The molecule has 0 aliphatic heterocycles. The second-order valence-electron chi connectivity index (χ2n) is 1.79. The SMILES string of the molecule is [2H]c1c(F)c([2H])c(B(O)O)c([2H])c1Br. The highest BCUT2D eigenvalue weighted by atomic mass is 79.9. The van der Waals surface area contributed by atoms with E-state index in [4.69, 9.17) is 14.2 Å². The summed E-state index contributed by atoms with van der Waals surface area (Å²) in [5.74, 6) is -1.18. The molecule has 0 spiro atoms. The van der Waals surface area contributed by atoms with E-state index in [-0.39, 0.29) is 4.47 Å². The Labute approximate surface area is 76.2 Å². The van der Waals surface area contributed by atoms with Crippen LogP contribution in [-0.4, -0.2) is 17.2 Å². The van der Waals surface area contributed by atoms with Gasteiger partial charge in [0.2, 0.25) is 0 Å². The van der Waals surface area contributed by atoms with Crippen LogP contribution in [0.25, 0.3) is 0 Å². The fraction of sp³-hybridized carbons (Fsp3) is 0. The molecular weight excluding hydrogens is 214 g/mol. The lowest BCUT2D eigenvalue weighted by Gasteiger charge is -1.99. The van der Waals surface area contributed by atoms with Crippen LogP contribution in [0.4, 0.5) is 4.39 Å². The Kier molecular flexibility index (Phi) is 1.61. The molecule has 2 nitrogen and oxygen atoms in total. The molecular formula is C6H5BBrFO2. The summed E-state index contributed by atoms with van der Waals surface area (Å²) >= 11 is 2.76. The number of halogens is 2. The van der Waals surface area contributed by atoms with Gasteiger partial charge in [0.05, 0.1) is 4.11 Å². The molecule has 1 aromatic carbocycles. The van der Waals surface area contributed by atoms with E-state index in [1.54, 1.807) is 0 Å². The molecule has 0 heterocycles. The van der Waals surface area contributed by atoms with Crippen LogP contribution in [0.2, 0.25) is 0 Å². The first kappa shape index (κ1) is 5.29. The predicted octanol–water partition coefficient (Wildman–Crippen LogP) is 0.268. The van der Waals surface area contributed by atoms with Crippen molar-refractivity contribution in [2.75, 3.05) is 0 Å². The third kappa shape index (κ3) is 2.29. The van der Waals surface area contributed by atoms with E-state index >= 15 is 0 Å². The normalized spacial score (nSPS) is 13.6. The molecule has 0 fully saturated rings. The molecule has 5 heteroatoms. The van der Waals surface area contributed by atoms with Crippen LogP contribution >= 0.6 is 15.9 Å². The van der Waals surface area contributed by atoms with Crippen LogP contribution in [0.5, 0.6) is 0 Å². The summed E-state index contributed by atoms with van der Waals surface area (Å²) in [4.78, 5) is 0. The molecule has 0 saturated carbocycles. The highest BCUT2D eigenvalue weighted by Gasteiger charge is 2.11. The summed E-state index contributed by atoms with van der Waals surface area (Å²) in [6.45, 7) is 0. The fourth-order valence-corrected chi connectivity index (χ4v) is 0.943. The maximum absolute atomic E-state index is 13.1. The fourth-order valence-electron chi connectivity index (χ4n) is 0.556. The third-order valence-electron chi connectivity index (χ3n) is 0.967. The molecule has 0 atom stereocenters. The van der Waals surface area contributed by atoms with E-state index in [1.807, 2.05) is 0 Å². The molecule has 0 radical (unpaired) electrons. The van der Waals surface area contributed by atoms with Crippen molar-refractivity contribution in [1.82, 2.24) is 0 Å². The number of hydrogen-bond donors (Lipinski definition) is 2. The van der Waals surface area contributed by atoms with Crippen molar-refractivity contribution in [3.05, 3.63) is 28.4 Å². The van der Waals surface area contributed by atoms with Gasteiger partial charge >= 0.3 is 7.12 Å². The minimum Gasteiger partial charge on any atom is -0.423 e. The monoisotopic (exact) mass is 221 g/mol. The summed E-state index contributed by atoms with van der Waals surface area (Å²) in [6.07, 6.45) is 0. The number of benzene rings is 1. The predicted molar refractivity (Wildman–Crippen MR) is 43.9 cm³/mol. The van der Waals surface area contributed by atoms with E-state index in [9.17, 15) is 4.39 Å². The molecule has 0 aliphatic carbocycles. The Morgan fingerprint density at radius 1 is 1.45 bits per heavy atom. The summed E-state index contributed by atoms with van der Waals surface area (Å²) in [5.41, 5.74) is -0.551. The summed E-state index contributed by atoms with van der Waals surface area (Å²) in [5, 5.41) is 17.6. The van der Waals surface area contributed by atoms with Crippen molar-refractivity contribution in [3.8, 4) is 0 Å². The molecule has 11 heavy (non-hydrogen) atoms. The van der Waals surface area contributed by atoms with Gasteiger partial charge in [0.25, 0.3) is 0 Å². The lowest BCUT2D eigenvalue weighted by molar-refractivity contribution is 0.425. The smallest absolute Gasteiger partial charge is 0.423 e. The molecule has 0 amide bonds. The molecule has 2 N–H and O–H groups in total. The van der Waals surface area contributed by atoms with Crippen LogP contribution in [0.15, 0.2) is 22.6 Å². The zero-order valence-electron chi connectivity index (χ0n) is 8.23. The van der Waals surface area contributed by atoms with Crippen molar-refractivity contribution in [1.29, 1.82) is 0 Å². The molecule has 0 aliphatic rings. The third-order valence-corrected chi connectivity index (χ3v) is 1.36. The van der Waals surface area contributed by atoms with Crippen molar-refractivity contribution in [2.24, 2.45) is 0 Å². The molecule has 0 aromatic heterocycles. The zero-order valence-corrected chi connectivity index (χ0v) is 6.81. The summed E-state index contributed by atoms with van der Waals surface area (Å²) < 4.78 is 34.5. The second-order valence-corrected chi connectivity index (χ2v) is 2.58. The Balaban J connectivity index is 3.60. The van der Waals surface area contributed by atoms with Gasteiger partial charge in [-0.05, 0) is 23.6 Å². The van der Waals surface area contributed by atoms with Gasteiger partial charge in [-0.2, -0.15) is 0 Å². The van der Waals surface area contributed by atoms with Gasteiger partial charge in [-0.3, -0.25) is 0 Å². The van der Waals surface area contributed by atoms with Gasteiger partial charge in [-0.1, -0.05) is 15.9 Å².